The molecule has 1 aliphatic heterocycles. The van der Waals surface area contributed by atoms with Gasteiger partial charge in [0.15, 0.2) is 0 Å². The van der Waals surface area contributed by atoms with Gasteiger partial charge in [-0.25, -0.2) is 0 Å². The molecule has 1 heterocycles. The Kier molecular flexibility index (Phi) is 5.41. The van der Waals surface area contributed by atoms with Crippen LogP contribution in [0.4, 0.5) is 0 Å². The Hall–Kier alpha value is -1.08. The lowest BCUT2D eigenvalue weighted by atomic mass is 9.75. The molecule has 0 amide bonds. The molecule has 0 unspecified atom stereocenters. The van der Waals surface area contributed by atoms with E-state index >= 15 is 0 Å². The number of allylic oxidation sites excluding steroid dienone is 5. The van der Waals surface area contributed by atoms with Gasteiger partial charge in [0, 0.05) is 28.0 Å². The van der Waals surface area contributed by atoms with E-state index in [4.69, 9.17) is 9.29 Å². The molecule has 0 aromatic heterocycles. The molecule has 0 radical (unpaired) electrons. The van der Waals surface area contributed by atoms with Gasteiger partial charge in [0.2, 0.25) is 0 Å². The summed E-state index contributed by atoms with van der Waals surface area (Å²) in [6.45, 7) is 7.69. The highest BCUT2D eigenvalue weighted by molar-refractivity contribution is 7.97. The molecule has 1 fully saturated rings. The van der Waals surface area contributed by atoms with Crippen LogP contribution in [-0.4, -0.2) is 31.9 Å². The Balaban J connectivity index is 2.09. The fraction of sp³-hybridized carbons (Fsp3) is 0.588. The van der Waals surface area contributed by atoms with Gasteiger partial charge in [-0.15, -0.1) is 0 Å². The summed E-state index contributed by atoms with van der Waals surface area (Å²) in [5.41, 5.74) is -0.973. The topological polar surface area (TPSA) is 70.0 Å². The summed E-state index contributed by atoms with van der Waals surface area (Å²) < 4.78 is 14.6. The van der Waals surface area contributed by atoms with Crippen molar-refractivity contribution in [3.05, 3.63) is 35.0 Å². The van der Waals surface area contributed by atoms with Crippen molar-refractivity contribution in [1.82, 2.24) is 5.06 Å². The second-order valence-electron chi connectivity index (χ2n) is 7.36. The van der Waals surface area contributed by atoms with Crippen LogP contribution in [0.2, 0.25) is 0 Å². The van der Waals surface area contributed by atoms with E-state index in [2.05, 4.69) is 0 Å². The van der Waals surface area contributed by atoms with Gasteiger partial charge in [-0.3, -0.25) is 4.79 Å². The van der Waals surface area contributed by atoms with Crippen molar-refractivity contribution < 1.29 is 19.3 Å². The zero-order valence-electron chi connectivity index (χ0n) is 14.1. The van der Waals surface area contributed by atoms with Gasteiger partial charge in [0.25, 0.3) is 0 Å². The van der Waals surface area contributed by atoms with E-state index in [0.29, 0.717) is 37.1 Å². The van der Waals surface area contributed by atoms with E-state index in [1.54, 1.807) is 18.2 Å². The number of nitrogens with zero attached hydrogens (tertiary/aromatic N) is 1. The van der Waals surface area contributed by atoms with Crippen molar-refractivity contribution >= 4 is 18.0 Å². The zero-order chi connectivity index (χ0) is 17.3. The molecular weight excluding hydrogens is 314 g/mol. The molecule has 2 N–H and O–H groups in total. The number of ether oxygens (including phenoxy) is 1. The molecule has 0 aromatic carbocycles. The van der Waals surface area contributed by atoms with E-state index in [-0.39, 0.29) is 11.9 Å². The molecule has 1 saturated heterocycles. The van der Waals surface area contributed by atoms with Crippen LogP contribution in [0.25, 0.3) is 0 Å². The molecule has 0 saturated carbocycles. The lowest BCUT2D eigenvalue weighted by Crippen LogP contribution is -2.59. The molecule has 0 bridgehead atoms. The fourth-order valence-electron chi connectivity index (χ4n) is 3.36. The lowest BCUT2D eigenvalue weighted by Gasteiger charge is -2.50. The number of piperidine rings is 1. The van der Waals surface area contributed by atoms with Crippen LogP contribution in [0.5, 0.6) is 0 Å². The first-order valence-electron chi connectivity index (χ1n) is 7.75. The molecule has 2 rings (SSSR count). The fourth-order valence-corrected chi connectivity index (χ4v) is 3.66. The lowest BCUT2D eigenvalue weighted by molar-refractivity contribution is -0.251. The number of carbonyl (C=O) groups is 1. The monoisotopic (exact) mass is 339 g/mol. The summed E-state index contributed by atoms with van der Waals surface area (Å²) in [6.07, 6.45) is 8.73. The minimum absolute atomic E-state index is 0.267. The maximum Gasteiger partial charge on any atom is 0.314 e. The number of rotatable bonds is 3. The molecule has 5 nitrogen and oxygen atoms in total. The van der Waals surface area contributed by atoms with Crippen LogP contribution in [-0.2, 0) is 9.53 Å². The highest BCUT2D eigenvalue weighted by Gasteiger charge is 2.47. The van der Waals surface area contributed by atoms with Gasteiger partial charge in [-0.1, -0.05) is 6.08 Å². The van der Waals surface area contributed by atoms with Crippen LogP contribution in [0.3, 0.4) is 0 Å². The minimum atomic E-state index is -0.486. The van der Waals surface area contributed by atoms with Crippen molar-refractivity contribution in [2.45, 2.75) is 58.0 Å². The van der Waals surface area contributed by atoms with Crippen molar-refractivity contribution in [2.75, 3.05) is 0 Å². The van der Waals surface area contributed by atoms with Gasteiger partial charge >= 0.3 is 5.97 Å². The first-order valence-corrected chi connectivity index (χ1v) is 8.53. The van der Waals surface area contributed by atoms with E-state index < -0.39 is 11.1 Å². The maximum atomic E-state index is 12.5. The highest BCUT2D eigenvalue weighted by atomic mass is 32.2. The second kappa shape index (κ2) is 6.81. The minimum Gasteiger partial charge on any atom is -0.426 e. The standard InChI is InChI=1S/C17H25NO4S/c1-16(2)10-12(11-17(3,4)18(16)20)15(19)22-13-6-5-7-14(23-21)9-8-13/h5-6,8-9,12,20-21H,7,10-11H2,1-4H3. The number of esters is 1. The molecule has 0 atom stereocenters. The van der Waals surface area contributed by atoms with Gasteiger partial charge in [-0.05, 0) is 65.2 Å². The van der Waals surface area contributed by atoms with Crippen LogP contribution < -0.4 is 0 Å². The second-order valence-corrected chi connectivity index (χ2v) is 8.07. The summed E-state index contributed by atoms with van der Waals surface area (Å²) >= 11 is 0.699. The van der Waals surface area contributed by atoms with Gasteiger partial charge in [0.05, 0.1) is 5.92 Å². The first kappa shape index (κ1) is 18.3. The molecule has 1 aliphatic carbocycles. The molecule has 0 aromatic rings. The van der Waals surface area contributed by atoms with E-state index in [9.17, 15) is 10.0 Å². The van der Waals surface area contributed by atoms with Crippen LogP contribution in [0, 0.1) is 5.92 Å². The first-order chi connectivity index (χ1) is 10.7. The summed E-state index contributed by atoms with van der Waals surface area (Å²) in [7, 11) is 0. The summed E-state index contributed by atoms with van der Waals surface area (Å²) in [5, 5.41) is 11.7. The van der Waals surface area contributed by atoms with E-state index in [1.807, 2.05) is 33.8 Å². The van der Waals surface area contributed by atoms with Gasteiger partial charge in [0.1, 0.15) is 5.76 Å². The Labute approximate surface area is 141 Å². The third-order valence-electron chi connectivity index (χ3n) is 4.34. The van der Waals surface area contributed by atoms with Crippen LogP contribution >= 0.6 is 12.0 Å². The maximum absolute atomic E-state index is 12.5. The summed E-state index contributed by atoms with van der Waals surface area (Å²) in [4.78, 5) is 13.3. The Morgan fingerprint density at radius 1 is 1.26 bits per heavy atom. The van der Waals surface area contributed by atoms with Crippen molar-refractivity contribution in [3.8, 4) is 0 Å². The average molecular weight is 339 g/mol. The SMILES string of the molecule is CC1(C)CC(C(=O)OC2=CC=C(SO)CC=C2)CC(C)(C)N1O. The average Bonchev–Trinajstić information content (AvgIpc) is 2.69. The normalized spacial score (nSPS) is 24.6. The molecule has 23 heavy (non-hydrogen) atoms. The Morgan fingerprint density at radius 3 is 2.43 bits per heavy atom. The highest BCUT2D eigenvalue weighted by Crippen LogP contribution is 2.40. The largest absolute Gasteiger partial charge is 0.426 e. The third kappa shape index (κ3) is 4.26. The quantitative estimate of drug-likeness (QED) is 0.595. The van der Waals surface area contributed by atoms with E-state index in [1.165, 1.54) is 5.06 Å². The van der Waals surface area contributed by atoms with Crippen LogP contribution in [0.1, 0.15) is 47.0 Å². The van der Waals surface area contributed by atoms with Crippen LogP contribution in [0.15, 0.2) is 35.0 Å². The summed E-state index contributed by atoms with van der Waals surface area (Å²) in [6, 6.07) is 0. The molecule has 0 spiro atoms. The number of hydroxylamine groups is 2. The van der Waals surface area contributed by atoms with Gasteiger partial charge < -0.3 is 14.5 Å². The smallest absolute Gasteiger partial charge is 0.314 e. The molecule has 128 valence electrons. The summed E-state index contributed by atoms with van der Waals surface area (Å²) in [5.74, 6) is -0.0682. The van der Waals surface area contributed by atoms with E-state index in [0.717, 1.165) is 4.91 Å². The Morgan fingerprint density at radius 2 is 1.87 bits per heavy atom. The third-order valence-corrected chi connectivity index (χ3v) is 4.88. The number of carbonyl (C=O) groups excluding carboxylic acids is 1. The predicted molar refractivity (Wildman–Crippen MR) is 90.7 cm³/mol. The molecule has 2 aliphatic rings. The zero-order valence-corrected chi connectivity index (χ0v) is 14.9. The molecular formula is C17H25NO4S. The van der Waals surface area contributed by atoms with Crippen molar-refractivity contribution in [2.24, 2.45) is 5.92 Å². The number of hydrogen-bond acceptors (Lipinski definition) is 6. The number of hydrogen-bond donors (Lipinski definition) is 2. The molecule has 6 heteroatoms. The van der Waals surface area contributed by atoms with Crippen molar-refractivity contribution in [1.29, 1.82) is 0 Å². The van der Waals surface area contributed by atoms with Gasteiger partial charge in [-0.2, -0.15) is 5.06 Å². The van der Waals surface area contributed by atoms with Crippen molar-refractivity contribution in [3.63, 3.8) is 0 Å². The Bertz CT molecular complexity index is 545. The predicted octanol–water partition coefficient (Wildman–Crippen LogP) is 4.12.